The lowest BCUT2D eigenvalue weighted by Gasteiger charge is -2.20. The van der Waals surface area contributed by atoms with Crippen LogP contribution in [0.3, 0.4) is 0 Å². The maximum absolute atomic E-state index is 6.27. The lowest BCUT2D eigenvalue weighted by atomic mass is 10.1. The van der Waals surface area contributed by atoms with E-state index in [-0.39, 0.29) is 0 Å². The molecule has 0 aliphatic heterocycles. The second-order valence-electron chi connectivity index (χ2n) is 5.43. The number of anilines is 1. The number of rotatable bonds is 4. The maximum Gasteiger partial charge on any atom is 0.0641 e. The number of halogens is 2. The van der Waals surface area contributed by atoms with Crippen LogP contribution in [0.5, 0.6) is 0 Å². The Hall–Kier alpha value is -0.400. The van der Waals surface area contributed by atoms with Crippen molar-refractivity contribution in [2.24, 2.45) is 11.8 Å². The van der Waals surface area contributed by atoms with Gasteiger partial charge in [-0.05, 0) is 62.1 Å². The van der Waals surface area contributed by atoms with Crippen LogP contribution in [0, 0.1) is 18.8 Å². The van der Waals surface area contributed by atoms with Crippen molar-refractivity contribution in [1.82, 2.24) is 0 Å². The average molecular weight is 270 g/mol. The van der Waals surface area contributed by atoms with Crippen molar-refractivity contribution < 1.29 is 0 Å². The fraction of sp³-hybridized carbons (Fsp3) is 0.571. The van der Waals surface area contributed by atoms with Gasteiger partial charge in [-0.15, -0.1) is 0 Å². The van der Waals surface area contributed by atoms with Crippen molar-refractivity contribution in [2.75, 3.05) is 5.32 Å². The molecule has 2 saturated carbocycles. The number of hydrogen-bond donors (Lipinski definition) is 1. The van der Waals surface area contributed by atoms with Crippen LogP contribution in [-0.4, -0.2) is 6.04 Å². The third-order valence-corrected chi connectivity index (χ3v) is 4.55. The summed E-state index contributed by atoms with van der Waals surface area (Å²) in [7, 11) is 0. The number of aryl methyl sites for hydroxylation is 1. The van der Waals surface area contributed by atoms with Gasteiger partial charge in [0.1, 0.15) is 0 Å². The van der Waals surface area contributed by atoms with Crippen molar-refractivity contribution in [2.45, 2.75) is 38.6 Å². The van der Waals surface area contributed by atoms with E-state index in [1.165, 1.54) is 25.7 Å². The van der Waals surface area contributed by atoms with E-state index in [0.717, 1.165) is 33.1 Å². The Labute approximate surface area is 112 Å². The van der Waals surface area contributed by atoms with Crippen LogP contribution >= 0.6 is 23.2 Å². The molecule has 0 amide bonds. The Balaban J connectivity index is 1.81. The largest absolute Gasteiger partial charge is 0.381 e. The minimum Gasteiger partial charge on any atom is -0.381 e. The van der Waals surface area contributed by atoms with Crippen molar-refractivity contribution in [3.8, 4) is 0 Å². The van der Waals surface area contributed by atoms with Crippen molar-refractivity contribution >= 4 is 28.9 Å². The summed E-state index contributed by atoms with van der Waals surface area (Å²) in [6.45, 7) is 1.98. The number of hydrogen-bond acceptors (Lipinski definition) is 1. The highest BCUT2D eigenvalue weighted by atomic mass is 35.5. The van der Waals surface area contributed by atoms with Gasteiger partial charge in [-0.2, -0.15) is 0 Å². The molecule has 17 heavy (non-hydrogen) atoms. The molecule has 1 aromatic rings. The van der Waals surface area contributed by atoms with Crippen molar-refractivity contribution in [3.05, 3.63) is 27.7 Å². The van der Waals surface area contributed by atoms with E-state index in [4.69, 9.17) is 23.2 Å². The highest BCUT2D eigenvalue weighted by molar-refractivity contribution is 6.35. The topological polar surface area (TPSA) is 12.0 Å². The first-order valence-electron chi connectivity index (χ1n) is 6.37. The fourth-order valence-corrected chi connectivity index (χ4v) is 2.90. The molecule has 0 spiro atoms. The molecule has 92 valence electrons. The first-order valence-corrected chi connectivity index (χ1v) is 7.13. The van der Waals surface area contributed by atoms with E-state index in [1.807, 2.05) is 19.1 Å². The van der Waals surface area contributed by atoms with Gasteiger partial charge in [-0.3, -0.25) is 0 Å². The highest BCUT2D eigenvalue weighted by Gasteiger charge is 2.41. The Morgan fingerprint density at radius 1 is 1.06 bits per heavy atom. The molecule has 0 aromatic heterocycles. The van der Waals surface area contributed by atoms with Crippen molar-refractivity contribution in [3.63, 3.8) is 0 Å². The van der Waals surface area contributed by atoms with E-state index in [1.54, 1.807) is 0 Å². The van der Waals surface area contributed by atoms with E-state index >= 15 is 0 Å². The van der Waals surface area contributed by atoms with Gasteiger partial charge >= 0.3 is 0 Å². The zero-order valence-electron chi connectivity index (χ0n) is 9.97. The summed E-state index contributed by atoms with van der Waals surface area (Å²) in [5.74, 6) is 1.72. The molecule has 0 unspecified atom stereocenters. The number of nitrogens with one attached hydrogen (secondary N) is 1. The summed E-state index contributed by atoms with van der Waals surface area (Å²) in [6, 6.07) is 4.53. The SMILES string of the molecule is Cc1cc(Cl)c(NC(C2CC2)C2CC2)cc1Cl. The summed E-state index contributed by atoms with van der Waals surface area (Å²) < 4.78 is 0. The minimum absolute atomic E-state index is 0.617. The van der Waals surface area contributed by atoms with E-state index in [2.05, 4.69) is 5.32 Å². The fourth-order valence-electron chi connectivity index (χ4n) is 2.47. The molecule has 2 fully saturated rings. The van der Waals surface area contributed by atoms with Gasteiger partial charge in [0.2, 0.25) is 0 Å². The predicted molar refractivity (Wildman–Crippen MR) is 74.1 cm³/mol. The molecule has 1 nitrogen and oxygen atoms in total. The van der Waals surface area contributed by atoms with E-state index in [9.17, 15) is 0 Å². The average Bonchev–Trinajstić information content (AvgIpc) is 3.15. The molecule has 2 aliphatic rings. The molecule has 0 radical (unpaired) electrons. The Morgan fingerprint density at radius 3 is 2.18 bits per heavy atom. The van der Waals surface area contributed by atoms with Crippen LogP contribution in [-0.2, 0) is 0 Å². The zero-order chi connectivity index (χ0) is 12.0. The van der Waals surface area contributed by atoms with Crippen LogP contribution in [0.1, 0.15) is 31.2 Å². The zero-order valence-corrected chi connectivity index (χ0v) is 11.5. The second kappa shape index (κ2) is 4.37. The van der Waals surface area contributed by atoms with Gasteiger partial charge in [-0.1, -0.05) is 23.2 Å². The lowest BCUT2D eigenvalue weighted by Crippen LogP contribution is -2.24. The smallest absolute Gasteiger partial charge is 0.0641 e. The summed E-state index contributed by atoms with van der Waals surface area (Å²) in [4.78, 5) is 0. The van der Waals surface area contributed by atoms with E-state index < -0.39 is 0 Å². The van der Waals surface area contributed by atoms with Crippen LogP contribution < -0.4 is 5.32 Å². The molecule has 3 heteroatoms. The quantitative estimate of drug-likeness (QED) is 0.820. The Bertz CT molecular complexity index is 424. The summed E-state index contributed by atoms with van der Waals surface area (Å²) in [6.07, 6.45) is 5.47. The van der Waals surface area contributed by atoms with Gasteiger partial charge < -0.3 is 5.32 Å². The maximum atomic E-state index is 6.27. The Kier molecular flexibility index (Phi) is 3.00. The lowest BCUT2D eigenvalue weighted by molar-refractivity contribution is 0.568. The molecule has 1 aromatic carbocycles. The van der Waals surface area contributed by atoms with Crippen LogP contribution in [0.4, 0.5) is 5.69 Å². The van der Waals surface area contributed by atoms with E-state index in [0.29, 0.717) is 6.04 Å². The highest BCUT2D eigenvalue weighted by Crippen LogP contribution is 2.46. The third-order valence-electron chi connectivity index (χ3n) is 3.83. The molecular formula is C14H17Cl2N. The monoisotopic (exact) mass is 269 g/mol. The predicted octanol–water partition coefficient (Wildman–Crippen LogP) is 4.90. The van der Waals surface area contributed by atoms with Gasteiger partial charge in [-0.25, -0.2) is 0 Å². The summed E-state index contributed by atoms with van der Waals surface area (Å²) >= 11 is 12.4. The third kappa shape index (κ3) is 2.56. The first kappa shape index (κ1) is 11.7. The standard InChI is InChI=1S/C14H17Cl2N/c1-8-6-12(16)13(7-11(8)15)17-14(9-2-3-9)10-4-5-10/h6-7,9-10,14,17H,2-5H2,1H3. The molecule has 0 heterocycles. The molecule has 0 bridgehead atoms. The van der Waals surface area contributed by atoms with Crippen LogP contribution in [0.2, 0.25) is 10.0 Å². The second-order valence-corrected chi connectivity index (χ2v) is 6.24. The Morgan fingerprint density at radius 2 is 1.65 bits per heavy atom. The molecule has 0 saturated heterocycles. The number of benzene rings is 1. The van der Waals surface area contributed by atoms with Crippen molar-refractivity contribution in [1.29, 1.82) is 0 Å². The van der Waals surface area contributed by atoms with Gasteiger partial charge in [0.05, 0.1) is 10.7 Å². The van der Waals surface area contributed by atoms with Crippen LogP contribution in [0.15, 0.2) is 12.1 Å². The molecule has 2 aliphatic carbocycles. The van der Waals surface area contributed by atoms with Gasteiger partial charge in [0.25, 0.3) is 0 Å². The van der Waals surface area contributed by atoms with Crippen LogP contribution in [0.25, 0.3) is 0 Å². The summed E-state index contributed by atoms with van der Waals surface area (Å²) in [5, 5.41) is 5.21. The first-order chi connectivity index (χ1) is 8.15. The molecule has 0 atom stereocenters. The normalized spacial score (nSPS) is 19.8. The molecular weight excluding hydrogens is 253 g/mol. The van der Waals surface area contributed by atoms with Gasteiger partial charge in [0.15, 0.2) is 0 Å². The molecule has 3 rings (SSSR count). The minimum atomic E-state index is 0.617. The van der Waals surface area contributed by atoms with Gasteiger partial charge in [0, 0.05) is 11.1 Å². The molecule has 1 N–H and O–H groups in total. The summed E-state index contributed by atoms with van der Waals surface area (Å²) in [5.41, 5.74) is 2.04.